The molecule has 3 rings (SSSR count). The third-order valence-corrected chi connectivity index (χ3v) is 3.51. The summed E-state index contributed by atoms with van der Waals surface area (Å²) < 4.78 is 12.8. The van der Waals surface area contributed by atoms with E-state index < -0.39 is 0 Å². The molecule has 1 saturated heterocycles. The monoisotopic (exact) mass is 275 g/mol. The van der Waals surface area contributed by atoms with Crippen molar-refractivity contribution in [3.8, 4) is 0 Å². The fourth-order valence-electron chi connectivity index (χ4n) is 2.37. The van der Waals surface area contributed by atoms with E-state index in [2.05, 4.69) is 10.3 Å². The van der Waals surface area contributed by atoms with Crippen molar-refractivity contribution in [2.24, 2.45) is 7.05 Å². The van der Waals surface area contributed by atoms with E-state index in [9.17, 15) is 4.79 Å². The number of nitrogens with one attached hydrogen (secondary N) is 1. The minimum Gasteiger partial charge on any atom is -0.445 e. The van der Waals surface area contributed by atoms with Gasteiger partial charge in [-0.3, -0.25) is 4.79 Å². The molecule has 0 bridgehead atoms. The molecular weight excluding hydrogens is 258 g/mol. The lowest BCUT2D eigenvalue weighted by Crippen LogP contribution is -2.25. The largest absolute Gasteiger partial charge is 0.445 e. The summed E-state index contributed by atoms with van der Waals surface area (Å²) in [5.74, 6) is 0.303. The fourth-order valence-corrected chi connectivity index (χ4v) is 2.37. The Balaban J connectivity index is 1.68. The van der Waals surface area contributed by atoms with Gasteiger partial charge in [0, 0.05) is 25.5 Å². The average Bonchev–Trinajstić information content (AvgIpc) is 3.17. The summed E-state index contributed by atoms with van der Waals surface area (Å²) in [4.78, 5) is 16.2. The van der Waals surface area contributed by atoms with Gasteiger partial charge in [-0.1, -0.05) is 0 Å². The first kappa shape index (κ1) is 12.9. The number of amides is 1. The number of hydrogen-bond acceptors (Lipinski definition) is 4. The van der Waals surface area contributed by atoms with Crippen molar-refractivity contribution in [3.63, 3.8) is 0 Å². The van der Waals surface area contributed by atoms with Gasteiger partial charge in [0.05, 0.1) is 6.54 Å². The summed E-state index contributed by atoms with van der Waals surface area (Å²) in [6, 6.07) is 3.90. The zero-order chi connectivity index (χ0) is 13.9. The first-order valence-corrected chi connectivity index (χ1v) is 6.69. The molecule has 6 heteroatoms. The second kappa shape index (κ2) is 5.50. The number of aryl methyl sites for hydroxylation is 1. The second-order valence-corrected chi connectivity index (χ2v) is 4.86. The van der Waals surface area contributed by atoms with E-state index in [1.165, 1.54) is 6.39 Å². The Morgan fingerprint density at radius 1 is 1.60 bits per heavy atom. The Morgan fingerprint density at radius 2 is 2.50 bits per heavy atom. The SMILES string of the molecule is Cn1cccc1CNC(=O)c1ncoc1C1CCCO1. The van der Waals surface area contributed by atoms with Crippen LogP contribution in [0.5, 0.6) is 0 Å². The number of ether oxygens (including phenoxy) is 1. The molecule has 1 unspecified atom stereocenters. The molecule has 3 heterocycles. The third-order valence-electron chi connectivity index (χ3n) is 3.51. The number of carbonyl (C=O) groups is 1. The molecule has 1 N–H and O–H groups in total. The molecule has 6 nitrogen and oxygen atoms in total. The number of aromatic nitrogens is 2. The molecule has 0 aliphatic carbocycles. The van der Waals surface area contributed by atoms with E-state index in [1.54, 1.807) is 0 Å². The van der Waals surface area contributed by atoms with Gasteiger partial charge in [-0.05, 0) is 25.0 Å². The molecule has 1 atom stereocenters. The van der Waals surface area contributed by atoms with Crippen LogP contribution in [0, 0.1) is 0 Å². The smallest absolute Gasteiger partial charge is 0.273 e. The summed E-state index contributed by atoms with van der Waals surface area (Å²) in [7, 11) is 1.94. The van der Waals surface area contributed by atoms with Crippen LogP contribution in [0.3, 0.4) is 0 Å². The van der Waals surface area contributed by atoms with Gasteiger partial charge in [-0.25, -0.2) is 4.98 Å². The topological polar surface area (TPSA) is 69.3 Å². The Kier molecular flexibility index (Phi) is 3.56. The molecule has 0 aromatic carbocycles. The van der Waals surface area contributed by atoms with Crippen molar-refractivity contribution in [2.45, 2.75) is 25.5 Å². The second-order valence-electron chi connectivity index (χ2n) is 4.86. The van der Waals surface area contributed by atoms with Crippen LogP contribution in [-0.2, 0) is 18.3 Å². The minimum atomic E-state index is -0.231. The van der Waals surface area contributed by atoms with Crippen LogP contribution >= 0.6 is 0 Å². The Morgan fingerprint density at radius 3 is 3.20 bits per heavy atom. The van der Waals surface area contributed by atoms with Gasteiger partial charge in [0.1, 0.15) is 6.10 Å². The van der Waals surface area contributed by atoms with Crippen LogP contribution in [-0.4, -0.2) is 22.1 Å². The van der Waals surface area contributed by atoms with Crippen molar-refractivity contribution in [3.05, 3.63) is 41.9 Å². The predicted octanol–water partition coefficient (Wildman–Crippen LogP) is 1.79. The normalized spacial score (nSPS) is 18.4. The van der Waals surface area contributed by atoms with Gasteiger partial charge < -0.3 is 19.0 Å². The Bertz CT molecular complexity index is 596. The van der Waals surface area contributed by atoms with E-state index >= 15 is 0 Å². The lowest BCUT2D eigenvalue weighted by Gasteiger charge is -2.09. The maximum absolute atomic E-state index is 12.2. The molecule has 1 aliphatic rings. The lowest BCUT2D eigenvalue weighted by atomic mass is 10.1. The number of hydrogen-bond donors (Lipinski definition) is 1. The van der Waals surface area contributed by atoms with Gasteiger partial charge >= 0.3 is 0 Å². The quantitative estimate of drug-likeness (QED) is 0.923. The van der Waals surface area contributed by atoms with Crippen molar-refractivity contribution in [2.75, 3.05) is 6.61 Å². The summed E-state index contributed by atoms with van der Waals surface area (Å²) in [5.41, 5.74) is 1.35. The number of carbonyl (C=O) groups excluding carboxylic acids is 1. The maximum Gasteiger partial charge on any atom is 0.273 e. The highest BCUT2D eigenvalue weighted by Crippen LogP contribution is 2.30. The summed E-state index contributed by atoms with van der Waals surface area (Å²) >= 11 is 0. The lowest BCUT2D eigenvalue weighted by molar-refractivity contribution is 0.0860. The van der Waals surface area contributed by atoms with E-state index in [1.807, 2.05) is 29.9 Å². The number of nitrogens with zero attached hydrogens (tertiary/aromatic N) is 2. The van der Waals surface area contributed by atoms with Gasteiger partial charge in [0.15, 0.2) is 17.8 Å². The van der Waals surface area contributed by atoms with Crippen LogP contribution < -0.4 is 5.32 Å². The van der Waals surface area contributed by atoms with E-state index in [4.69, 9.17) is 9.15 Å². The van der Waals surface area contributed by atoms with Gasteiger partial charge in [-0.2, -0.15) is 0 Å². The highest BCUT2D eigenvalue weighted by Gasteiger charge is 2.27. The average molecular weight is 275 g/mol. The minimum absolute atomic E-state index is 0.145. The van der Waals surface area contributed by atoms with Crippen LogP contribution in [0.4, 0.5) is 0 Å². The Labute approximate surface area is 116 Å². The number of rotatable bonds is 4. The molecule has 0 saturated carbocycles. The van der Waals surface area contributed by atoms with E-state index in [0.717, 1.165) is 18.5 Å². The summed E-state index contributed by atoms with van der Waals surface area (Å²) in [6.45, 7) is 1.16. The van der Waals surface area contributed by atoms with Crippen molar-refractivity contribution in [1.29, 1.82) is 0 Å². The fraction of sp³-hybridized carbons (Fsp3) is 0.429. The molecule has 1 aliphatic heterocycles. The molecule has 1 amide bonds. The highest BCUT2D eigenvalue weighted by atomic mass is 16.5. The van der Waals surface area contributed by atoms with Crippen LogP contribution in [0.1, 0.15) is 40.9 Å². The molecule has 0 spiro atoms. The molecule has 0 radical (unpaired) electrons. The molecular formula is C14H17N3O3. The van der Waals surface area contributed by atoms with Crippen molar-refractivity contribution >= 4 is 5.91 Å². The van der Waals surface area contributed by atoms with Crippen molar-refractivity contribution in [1.82, 2.24) is 14.9 Å². The van der Waals surface area contributed by atoms with Crippen LogP contribution in [0.15, 0.2) is 29.1 Å². The maximum atomic E-state index is 12.2. The zero-order valence-electron chi connectivity index (χ0n) is 11.3. The highest BCUT2D eigenvalue weighted by molar-refractivity contribution is 5.93. The standard InChI is InChI=1S/C14H17N3O3/c1-17-6-2-4-10(17)8-15-14(18)12-13(20-9-16-12)11-5-3-7-19-11/h2,4,6,9,11H,3,5,7-8H2,1H3,(H,15,18). The molecule has 106 valence electrons. The van der Waals surface area contributed by atoms with Crippen molar-refractivity contribution < 1.29 is 13.9 Å². The van der Waals surface area contributed by atoms with Crippen LogP contribution in [0.25, 0.3) is 0 Å². The molecule has 2 aromatic heterocycles. The van der Waals surface area contributed by atoms with Crippen LogP contribution in [0.2, 0.25) is 0 Å². The number of oxazole rings is 1. The zero-order valence-corrected chi connectivity index (χ0v) is 11.3. The molecule has 20 heavy (non-hydrogen) atoms. The Hall–Kier alpha value is -2.08. The molecule has 2 aromatic rings. The van der Waals surface area contributed by atoms with E-state index in [0.29, 0.717) is 24.6 Å². The predicted molar refractivity (Wildman–Crippen MR) is 71.0 cm³/mol. The molecule has 1 fully saturated rings. The first-order chi connectivity index (χ1) is 9.75. The van der Waals surface area contributed by atoms with Gasteiger partial charge in [-0.15, -0.1) is 0 Å². The van der Waals surface area contributed by atoms with Gasteiger partial charge in [0.25, 0.3) is 5.91 Å². The van der Waals surface area contributed by atoms with E-state index in [-0.39, 0.29) is 12.0 Å². The van der Waals surface area contributed by atoms with Gasteiger partial charge in [0.2, 0.25) is 0 Å². The summed E-state index contributed by atoms with van der Waals surface area (Å²) in [6.07, 6.45) is 4.95. The third kappa shape index (κ3) is 2.46. The summed E-state index contributed by atoms with van der Waals surface area (Å²) in [5, 5.41) is 2.85. The first-order valence-electron chi connectivity index (χ1n) is 6.69.